The van der Waals surface area contributed by atoms with Gasteiger partial charge in [0.05, 0.1) is 5.56 Å². The summed E-state index contributed by atoms with van der Waals surface area (Å²) in [6.45, 7) is 4.86. The number of anilines is 1. The third kappa shape index (κ3) is 3.83. The van der Waals surface area contributed by atoms with Crippen LogP contribution in [0.1, 0.15) is 42.5 Å². The molecule has 0 aromatic carbocycles. The third-order valence-electron chi connectivity index (χ3n) is 5.13. The van der Waals surface area contributed by atoms with E-state index in [0.717, 1.165) is 62.9 Å². The lowest BCUT2D eigenvalue weighted by molar-refractivity contribution is 0.0687. The largest absolute Gasteiger partial charge is 0.356 e. The minimum atomic E-state index is 0.159. The minimum absolute atomic E-state index is 0.159. The Bertz CT molecular complexity index is 520. The van der Waals surface area contributed by atoms with E-state index in [4.69, 9.17) is 0 Å². The summed E-state index contributed by atoms with van der Waals surface area (Å²) >= 11 is 0. The van der Waals surface area contributed by atoms with Crippen LogP contribution in [0.15, 0.2) is 18.3 Å². The van der Waals surface area contributed by atoms with Gasteiger partial charge in [-0.3, -0.25) is 4.79 Å². The number of pyridine rings is 1. The van der Waals surface area contributed by atoms with Crippen molar-refractivity contribution in [1.82, 2.24) is 15.2 Å². The topological polar surface area (TPSA) is 48.5 Å². The number of piperidine rings is 1. The molecule has 3 rings (SSSR count). The summed E-state index contributed by atoms with van der Waals surface area (Å²) in [6.07, 6.45) is 7.64. The van der Waals surface area contributed by atoms with E-state index in [-0.39, 0.29) is 5.91 Å². The van der Waals surface area contributed by atoms with E-state index in [1.165, 1.54) is 19.3 Å². The van der Waals surface area contributed by atoms with Crippen LogP contribution in [0.3, 0.4) is 0 Å². The summed E-state index contributed by atoms with van der Waals surface area (Å²) in [5, 5.41) is 3.22. The van der Waals surface area contributed by atoms with Gasteiger partial charge in [-0.05, 0) is 63.7 Å². The number of hydrogen-bond acceptors (Lipinski definition) is 4. The maximum absolute atomic E-state index is 12.9. The number of likely N-dealkylation sites (tertiary alicyclic amines) is 1. The van der Waals surface area contributed by atoms with Crippen molar-refractivity contribution < 1.29 is 4.79 Å². The zero-order valence-electron chi connectivity index (χ0n) is 14.1. The van der Waals surface area contributed by atoms with Gasteiger partial charge in [0.15, 0.2) is 0 Å². The van der Waals surface area contributed by atoms with Crippen molar-refractivity contribution >= 4 is 11.7 Å². The summed E-state index contributed by atoms with van der Waals surface area (Å²) in [6, 6.07) is 3.82. The molecule has 0 spiro atoms. The number of nitrogens with one attached hydrogen (secondary N) is 1. The molecule has 5 heteroatoms. The molecule has 0 bridgehead atoms. The molecular formula is C18H28N4O. The molecule has 0 unspecified atom stereocenters. The number of carbonyl (C=O) groups is 1. The lowest BCUT2D eigenvalue weighted by Crippen LogP contribution is -2.39. The van der Waals surface area contributed by atoms with Crippen LogP contribution in [-0.2, 0) is 0 Å². The Morgan fingerprint density at radius 3 is 2.70 bits per heavy atom. The summed E-state index contributed by atoms with van der Waals surface area (Å²) < 4.78 is 0. The van der Waals surface area contributed by atoms with Crippen molar-refractivity contribution in [1.29, 1.82) is 0 Å². The van der Waals surface area contributed by atoms with Gasteiger partial charge in [0, 0.05) is 32.4 Å². The van der Waals surface area contributed by atoms with Gasteiger partial charge in [-0.15, -0.1) is 0 Å². The third-order valence-corrected chi connectivity index (χ3v) is 5.13. The first-order chi connectivity index (χ1) is 11.3. The van der Waals surface area contributed by atoms with Gasteiger partial charge in [-0.25, -0.2) is 4.98 Å². The molecule has 1 aromatic heterocycles. The zero-order chi connectivity index (χ0) is 16.1. The fourth-order valence-corrected chi connectivity index (χ4v) is 3.69. The fraction of sp³-hybridized carbons (Fsp3) is 0.667. The van der Waals surface area contributed by atoms with E-state index in [9.17, 15) is 4.79 Å². The fourth-order valence-electron chi connectivity index (χ4n) is 3.69. The molecule has 5 nitrogen and oxygen atoms in total. The highest BCUT2D eigenvalue weighted by atomic mass is 16.2. The van der Waals surface area contributed by atoms with E-state index in [1.54, 1.807) is 6.20 Å². The smallest absolute Gasteiger partial charge is 0.257 e. The van der Waals surface area contributed by atoms with Crippen molar-refractivity contribution in [2.75, 3.05) is 44.7 Å². The molecule has 1 aromatic rings. The minimum Gasteiger partial charge on any atom is -0.356 e. The van der Waals surface area contributed by atoms with Gasteiger partial charge in [0.2, 0.25) is 0 Å². The second-order valence-corrected chi connectivity index (χ2v) is 6.70. The Kier molecular flexibility index (Phi) is 5.49. The van der Waals surface area contributed by atoms with E-state index < -0.39 is 0 Å². The van der Waals surface area contributed by atoms with Crippen molar-refractivity contribution in [3.8, 4) is 0 Å². The lowest BCUT2D eigenvalue weighted by Gasteiger charge is -2.33. The van der Waals surface area contributed by atoms with Gasteiger partial charge >= 0.3 is 0 Å². The van der Waals surface area contributed by atoms with E-state index in [1.807, 2.05) is 24.1 Å². The van der Waals surface area contributed by atoms with Crippen molar-refractivity contribution in [3.63, 3.8) is 0 Å². The van der Waals surface area contributed by atoms with Crippen LogP contribution in [0.4, 0.5) is 5.82 Å². The molecule has 2 fully saturated rings. The number of amides is 1. The number of rotatable bonds is 5. The monoisotopic (exact) mass is 316 g/mol. The zero-order valence-corrected chi connectivity index (χ0v) is 14.1. The van der Waals surface area contributed by atoms with Crippen LogP contribution in [-0.4, -0.2) is 55.6 Å². The number of nitrogens with zero attached hydrogens (tertiary/aromatic N) is 3. The Hall–Kier alpha value is -1.62. The number of hydrogen-bond donors (Lipinski definition) is 1. The Balaban J connectivity index is 1.65. The molecular weight excluding hydrogens is 288 g/mol. The standard InChI is InChI=1S/C18H28N4O/c1-19-10-6-15-7-13-22(14-8-15)18(23)16-5-4-9-20-17(16)21-11-2-3-12-21/h4-5,9,15,19H,2-3,6-8,10-14H2,1H3. The predicted octanol–water partition coefficient (Wildman–Crippen LogP) is 2.14. The normalized spacial score (nSPS) is 19.3. The van der Waals surface area contributed by atoms with E-state index in [2.05, 4.69) is 15.2 Å². The molecule has 2 saturated heterocycles. The van der Waals surface area contributed by atoms with Gasteiger partial charge in [0.1, 0.15) is 5.82 Å². The molecule has 3 heterocycles. The molecule has 0 saturated carbocycles. The Morgan fingerprint density at radius 2 is 2.00 bits per heavy atom. The van der Waals surface area contributed by atoms with Crippen LogP contribution in [0.25, 0.3) is 0 Å². The summed E-state index contributed by atoms with van der Waals surface area (Å²) in [7, 11) is 2.00. The first-order valence-electron chi connectivity index (χ1n) is 8.93. The quantitative estimate of drug-likeness (QED) is 0.904. The van der Waals surface area contributed by atoms with Crippen LogP contribution < -0.4 is 10.2 Å². The average molecular weight is 316 g/mol. The highest BCUT2D eigenvalue weighted by molar-refractivity contribution is 5.99. The van der Waals surface area contributed by atoms with Crippen molar-refractivity contribution in [2.45, 2.75) is 32.1 Å². The Morgan fingerprint density at radius 1 is 1.26 bits per heavy atom. The molecule has 126 valence electrons. The van der Waals surface area contributed by atoms with Crippen LogP contribution >= 0.6 is 0 Å². The van der Waals surface area contributed by atoms with Gasteiger partial charge in [0.25, 0.3) is 5.91 Å². The van der Waals surface area contributed by atoms with E-state index >= 15 is 0 Å². The van der Waals surface area contributed by atoms with Crippen molar-refractivity contribution in [2.24, 2.45) is 5.92 Å². The highest BCUT2D eigenvalue weighted by Crippen LogP contribution is 2.26. The summed E-state index contributed by atoms with van der Waals surface area (Å²) in [4.78, 5) is 21.7. The van der Waals surface area contributed by atoms with Gasteiger partial charge < -0.3 is 15.1 Å². The average Bonchev–Trinajstić information content (AvgIpc) is 3.14. The molecule has 0 atom stereocenters. The number of carbonyl (C=O) groups excluding carboxylic acids is 1. The van der Waals surface area contributed by atoms with Crippen LogP contribution in [0.2, 0.25) is 0 Å². The van der Waals surface area contributed by atoms with Gasteiger partial charge in [-0.1, -0.05) is 0 Å². The van der Waals surface area contributed by atoms with Crippen LogP contribution in [0, 0.1) is 5.92 Å². The molecule has 1 N–H and O–H groups in total. The Labute approximate surface area is 139 Å². The van der Waals surface area contributed by atoms with Crippen molar-refractivity contribution in [3.05, 3.63) is 23.9 Å². The molecule has 23 heavy (non-hydrogen) atoms. The van der Waals surface area contributed by atoms with E-state index in [0.29, 0.717) is 0 Å². The lowest BCUT2D eigenvalue weighted by atomic mass is 9.93. The molecule has 0 radical (unpaired) electrons. The molecule has 1 amide bonds. The number of aromatic nitrogens is 1. The maximum Gasteiger partial charge on any atom is 0.257 e. The van der Waals surface area contributed by atoms with Crippen LogP contribution in [0.5, 0.6) is 0 Å². The highest BCUT2D eigenvalue weighted by Gasteiger charge is 2.27. The molecule has 2 aliphatic heterocycles. The second kappa shape index (κ2) is 7.77. The first-order valence-corrected chi connectivity index (χ1v) is 8.93. The second-order valence-electron chi connectivity index (χ2n) is 6.70. The predicted molar refractivity (Wildman–Crippen MR) is 92.9 cm³/mol. The SMILES string of the molecule is CNCCC1CCN(C(=O)c2cccnc2N2CCCC2)CC1. The maximum atomic E-state index is 12.9. The summed E-state index contributed by atoms with van der Waals surface area (Å²) in [5.41, 5.74) is 0.781. The molecule has 2 aliphatic rings. The summed E-state index contributed by atoms with van der Waals surface area (Å²) in [5.74, 6) is 1.79. The van der Waals surface area contributed by atoms with Gasteiger partial charge in [-0.2, -0.15) is 0 Å². The first kappa shape index (κ1) is 16.2. The molecule has 0 aliphatic carbocycles.